The summed E-state index contributed by atoms with van der Waals surface area (Å²) in [5, 5.41) is 0. The Morgan fingerprint density at radius 2 is 2.07 bits per heavy atom. The van der Waals surface area contributed by atoms with E-state index in [1.165, 1.54) is 5.57 Å². The Morgan fingerprint density at radius 1 is 1.29 bits per heavy atom. The predicted octanol–water partition coefficient (Wildman–Crippen LogP) is 4.91. The molecule has 0 N–H and O–H groups in total. The minimum Gasteiger partial charge on any atom is -0.462 e. The first kappa shape index (κ1) is 20.4. The van der Waals surface area contributed by atoms with Crippen LogP contribution in [-0.4, -0.2) is 36.5 Å². The number of fused-ring (bicyclic) bond motifs is 2. The van der Waals surface area contributed by atoms with Crippen molar-refractivity contribution in [3.05, 3.63) is 11.6 Å². The summed E-state index contributed by atoms with van der Waals surface area (Å²) < 4.78 is 19.5. The van der Waals surface area contributed by atoms with E-state index in [4.69, 9.17) is 14.2 Å². The number of allylic oxidation sites excluding steroid dienone is 1. The first-order chi connectivity index (χ1) is 13.3. The third kappa shape index (κ3) is 3.45. The maximum absolute atomic E-state index is 12.4. The lowest BCUT2D eigenvalue weighted by molar-refractivity contribution is -0.163. The summed E-state index contributed by atoms with van der Waals surface area (Å²) in [4.78, 5) is 12.4. The molecule has 158 valence electrons. The van der Waals surface area contributed by atoms with Crippen molar-refractivity contribution in [3.8, 4) is 0 Å². The fourth-order valence-electron chi connectivity index (χ4n) is 6.56. The van der Waals surface area contributed by atoms with Crippen LogP contribution in [0.25, 0.3) is 0 Å². The average molecular weight is 391 g/mol. The Morgan fingerprint density at radius 3 is 2.82 bits per heavy atom. The van der Waals surface area contributed by atoms with Crippen LogP contribution >= 0.6 is 0 Å². The van der Waals surface area contributed by atoms with Crippen molar-refractivity contribution in [2.75, 3.05) is 6.61 Å². The molecule has 28 heavy (non-hydrogen) atoms. The number of esters is 1. The molecule has 0 radical (unpaired) electrons. The lowest BCUT2D eigenvalue weighted by Gasteiger charge is -2.46. The standard InChI is InChI=1S/C24H38O4/c1-6-8-19(25)28-22-15(3)12-17-16(4)13-26-24(5)10-7-9-14(2)11-18-21(22)20(17)23(24)27-18/h9,15-18,20-23H,6-8,10-13H2,1-5H3/b14-9+/t15-,16+,17+,18-,20+,21+,22-,23-,24+/m1/s1. The van der Waals surface area contributed by atoms with Gasteiger partial charge in [-0.2, -0.15) is 0 Å². The van der Waals surface area contributed by atoms with E-state index in [-0.39, 0.29) is 35.8 Å². The van der Waals surface area contributed by atoms with E-state index < -0.39 is 0 Å². The van der Waals surface area contributed by atoms with E-state index in [1.807, 2.05) is 6.92 Å². The highest BCUT2D eigenvalue weighted by molar-refractivity contribution is 5.69. The number of carbonyl (C=O) groups is 1. The Hall–Kier alpha value is -0.870. The summed E-state index contributed by atoms with van der Waals surface area (Å²) in [6.45, 7) is 11.9. The molecule has 2 bridgehead atoms. The third-order valence-corrected chi connectivity index (χ3v) is 8.01. The molecule has 3 heterocycles. The number of ether oxygens (including phenoxy) is 3. The van der Waals surface area contributed by atoms with Gasteiger partial charge in [0, 0.05) is 12.3 Å². The van der Waals surface area contributed by atoms with E-state index in [1.54, 1.807) is 0 Å². The van der Waals surface area contributed by atoms with Crippen LogP contribution < -0.4 is 0 Å². The Bertz CT molecular complexity index is 628. The van der Waals surface area contributed by atoms with Gasteiger partial charge in [0.2, 0.25) is 0 Å². The molecule has 0 unspecified atom stereocenters. The Labute approximate surface area is 170 Å². The highest BCUT2D eigenvalue weighted by Gasteiger charge is 2.62. The number of carbonyl (C=O) groups excluding carboxylic acids is 1. The average Bonchev–Trinajstić information content (AvgIpc) is 2.99. The minimum atomic E-state index is -0.250. The van der Waals surface area contributed by atoms with Crippen LogP contribution in [0.3, 0.4) is 0 Å². The van der Waals surface area contributed by atoms with Gasteiger partial charge in [-0.05, 0) is 69.6 Å². The number of rotatable bonds is 3. The van der Waals surface area contributed by atoms with E-state index in [9.17, 15) is 4.79 Å². The highest BCUT2D eigenvalue weighted by Crippen LogP contribution is 2.57. The summed E-state index contributed by atoms with van der Waals surface area (Å²) in [6.07, 6.45) is 8.02. The van der Waals surface area contributed by atoms with Gasteiger partial charge in [0.15, 0.2) is 0 Å². The van der Waals surface area contributed by atoms with Gasteiger partial charge in [0.25, 0.3) is 0 Å². The lowest BCUT2D eigenvalue weighted by atomic mass is 9.59. The van der Waals surface area contributed by atoms with Gasteiger partial charge in [-0.25, -0.2) is 0 Å². The molecule has 1 aliphatic carbocycles. The fourth-order valence-corrected chi connectivity index (χ4v) is 6.56. The maximum Gasteiger partial charge on any atom is 0.306 e. The Kier molecular flexibility index (Phi) is 5.65. The van der Waals surface area contributed by atoms with Crippen LogP contribution in [0.2, 0.25) is 0 Å². The zero-order chi connectivity index (χ0) is 20.1. The zero-order valence-corrected chi connectivity index (χ0v) is 18.3. The molecule has 2 saturated heterocycles. The van der Waals surface area contributed by atoms with Crippen molar-refractivity contribution in [1.82, 2.24) is 0 Å². The van der Waals surface area contributed by atoms with Gasteiger partial charge in [-0.3, -0.25) is 4.79 Å². The highest BCUT2D eigenvalue weighted by atomic mass is 16.6. The first-order valence-corrected chi connectivity index (χ1v) is 11.5. The molecule has 9 atom stereocenters. The van der Waals surface area contributed by atoms with Gasteiger partial charge in [0.1, 0.15) is 6.10 Å². The van der Waals surface area contributed by atoms with Crippen molar-refractivity contribution in [3.63, 3.8) is 0 Å². The minimum absolute atomic E-state index is 0.0305. The molecule has 0 aromatic carbocycles. The van der Waals surface area contributed by atoms with Crippen LogP contribution in [0, 0.1) is 29.6 Å². The third-order valence-electron chi connectivity index (χ3n) is 8.01. The predicted molar refractivity (Wildman–Crippen MR) is 109 cm³/mol. The summed E-state index contributed by atoms with van der Waals surface area (Å²) in [5.41, 5.74) is 1.15. The summed E-state index contributed by atoms with van der Waals surface area (Å²) >= 11 is 0. The van der Waals surface area contributed by atoms with Gasteiger partial charge in [-0.1, -0.05) is 32.4 Å². The molecule has 3 fully saturated rings. The second-order valence-electron chi connectivity index (χ2n) is 10.2. The van der Waals surface area contributed by atoms with Crippen molar-refractivity contribution in [2.45, 2.75) is 97.1 Å². The molecule has 4 aliphatic rings. The van der Waals surface area contributed by atoms with Crippen molar-refractivity contribution < 1.29 is 19.0 Å². The summed E-state index contributed by atoms with van der Waals surface area (Å²) in [7, 11) is 0. The molecule has 1 saturated carbocycles. The maximum atomic E-state index is 12.4. The van der Waals surface area contributed by atoms with Gasteiger partial charge < -0.3 is 14.2 Å². The van der Waals surface area contributed by atoms with E-state index in [0.29, 0.717) is 30.1 Å². The molecular formula is C24H38O4. The largest absolute Gasteiger partial charge is 0.462 e. The SMILES string of the molecule is CCCC(=O)O[C@H]1[C@@H]2[C@@H]3[C@@H](C[C@H]1C)[C@@H](C)CO[C@@]1(C)CC/C=C(\C)C[C@H]2O[C@H]31. The first-order valence-electron chi connectivity index (χ1n) is 11.5. The Balaban J connectivity index is 1.74. The second kappa shape index (κ2) is 7.75. The molecule has 3 aliphatic heterocycles. The normalized spacial score (nSPS) is 49.8. The molecule has 0 aromatic rings. The molecule has 4 rings (SSSR count). The zero-order valence-electron chi connectivity index (χ0n) is 18.3. The second-order valence-corrected chi connectivity index (χ2v) is 10.2. The van der Waals surface area contributed by atoms with Crippen molar-refractivity contribution in [2.24, 2.45) is 29.6 Å². The topological polar surface area (TPSA) is 44.8 Å². The summed E-state index contributed by atoms with van der Waals surface area (Å²) in [6, 6.07) is 0. The molecule has 4 heteroatoms. The lowest BCUT2D eigenvalue weighted by Crippen LogP contribution is -2.52. The van der Waals surface area contributed by atoms with E-state index in [2.05, 4.69) is 33.8 Å². The van der Waals surface area contributed by atoms with Crippen LogP contribution in [0.4, 0.5) is 0 Å². The number of hydrogen-bond donors (Lipinski definition) is 0. The van der Waals surface area contributed by atoms with E-state index in [0.717, 1.165) is 38.7 Å². The molecule has 0 amide bonds. The van der Waals surface area contributed by atoms with Crippen LogP contribution in [-0.2, 0) is 19.0 Å². The van der Waals surface area contributed by atoms with Gasteiger partial charge in [-0.15, -0.1) is 0 Å². The van der Waals surface area contributed by atoms with Crippen LogP contribution in [0.15, 0.2) is 11.6 Å². The van der Waals surface area contributed by atoms with Crippen molar-refractivity contribution >= 4 is 5.97 Å². The molecular weight excluding hydrogens is 352 g/mol. The molecule has 4 nitrogen and oxygen atoms in total. The smallest absolute Gasteiger partial charge is 0.306 e. The summed E-state index contributed by atoms with van der Waals surface area (Å²) in [5.74, 6) is 2.14. The van der Waals surface area contributed by atoms with Crippen LogP contribution in [0.5, 0.6) is 0 Å². The van der Waals surface area contributed by atoms with Crippen molar-refractivity contribution in [1.29, 1.82) is 0 Å². The van der Waals surface area contributed by atoms with Gasteiger partial charge >= 0.3 is 5.97 Å². The fraction of sp³-hybridized carbons (Fsp3) is 0.875. The molecule has 0 aromatic heterocycles. The van der Waals surface area contributed by atoms with Gasteiger partial charge in [0.05, 0.1) is 24.4 Å². The monoisotopic (exact) mass is 390 g/mol. The quantitative estimate of drug-likeness (QED) is 0.507. The van der Waals surface area contributed by atoms with E-state index >= 15 is 0 Å². The molecule has 0 spiro atoms. The number of hydrogen-bond acceptors (Lipinski definition) is 4. The van der Waals surface area contributed by atoms with Crippen LogP contribution in [0.1, 0.15) is 73.1 Å².